The zero-order valence-corrected chi connectivity index (χ0v) is 18.8. The molecule has 0 spiro atoms. The number of amides is 2. The van der Waals surface area contributed by atoms with E-state index < -0.39 is 0 Å². The van der Waals surface area contributed by atoms with E-state index in [2.05, 4.69) is 20.8 Å². The number of esters is 1. The number of nitrogens with zero attached hydrogens (tertiary/aromatic N) is 1. The lowest BCUT2D eigenvalue weighted by Gasteiger charge is -2.36. The summed E-state index contributed by atoms with van der Waals surface area (Å²) in [6.45, 7) is 6.61. The second-order valence-corrected chi connectivity index (χ2v) is 10.7. The third-order valence-electron chi connectivity index (χ3n) is 8.51. The molecule has 0 unspecified atom stereocenters. The van der Waals surface area contributed by atoms with Crippen molar-refractivity contribution in [2.75, 3.05) is 4.90 Å². The minimum Gasteiger partial charge on any atom is -0.458 e. The van der Waals surface area contributed by atoms with Crippen LogP contribution in [0.15, 0.2) is 24.3 Å². The highest BCUT2D eigenvalue weighted by molar-refractivity contribution is 6.22. The van der Waals surface area contributed by atoms with E-state index in [1.807, 2.05) is 0 Å². The average Bonchev–Trinajstić information content (AvgIpc) is 3.42. The fourth-order valence-corrected chi connectivity index (χ4v) is 6.87. The molecule has 31 heavy (non-hydrogen) atoms. The van der Waals surface area contributed by atoms with Gasteiger partial charge in [-0.15, -0.1) is 0 Å². The normalized spacial score (nSPS) is 36.9. The van der Waals surface area contributed by atoms with E-state index in [1.165, 1.54) is 11.3 Å². The lowest BCUT2D eigenvalue weighted by atomic mass is 9.75. The van der Waals surface area contributed by atoms with Crippen LogP contribution in [0.5, 0.6) is 0 Å². The highest BCUT2D eigenvalue weighted by Crippen LogP contribution is 2.56. The van der Waals surface area contributed by atoms with Crippen LogP contribution in [0.3, 0.4) is 0 Å². The maximum atomic E-state index is 13.0. The molecule has 0 aromatic heterocycles. The largest absolute Gasteiger partial charge is 0.458 e. The minimum atomic E-state index is -0.315. The van der Waals surface area contributed by atoms with Crippen LogP contribution in [0.1, 0.15) is 69.7 Å². The smallest absolute Gasteiger partial charge is 0.338 e. The van der Waals surface area contributed by atoms with Gasteiger partial charge in [0, 0.05) is 0 Å². The van der Waals surface area contributed by atoms with Crippen molar-refractivity contribution < 1.29 is 19.1 Å². The van der Waals surface area contributed by atoms with E-state index in [1.54, 1.807) is 24.3 Å². The Balaban J connectivity index is 1.29. The van der Waals surface area contributed by atoms with Gasteiger partial charge in [-0.3, -0.25) is 14.5 Å². The standard InChI is InChI=1S/C26H33NO4/c1-14(2)20-11-4-15(3)12-21(20)31-26(30)16-7-9-19(10-8-16)27-24(28)22-17-5-6-18(13-17)23(22)25(27)29/h7-10,14-15,17-18,20-23H,4-6,11-13H2,1-3H3/t15-,17-,18+,20+,21+,22-,23+/m0/s1. The van der Waals surface area contributed by atoms with E-state index >= 15 is 0 Å². The van der Waals surface area contributed by atoms with Crippen molar-refractivity contribution in [1.29, 1.82) is 0 Å². The lowest BCUT2D eigenvalue weighted by Crippen LogP contribution is -2.36. The zero-order chi connectivity index (χ0) is 21.9. The number of hydrogen-bond donors (Lipinski definition) is 0. The first-order chi connectivity index (χ1) is 14.8. The molecule has 5 rings (SSSR count). The Morgan fingerprint density at radius 2 is 1.55 bits per heavy atom. The van der Waals surface area contributed by atoms with Crippen molar-refractivity contribution in [3.63, 3.8) is 0 Å². The maximum Gasteiger partial charge on any atom is 0.338 e. The summed E-state index contributed by atoms with van der Waals surface area (Å²) in [4.78, 5) is 40.2. The topological polar surface area (TPSA) is 63.7 Å². The van der Waals surface area contributed by atoms with Gasteiger partial charge in [0.05, 0.1) is 23.1 Å². The highest BCUT2D eigenvalue weighted by atomic mass is 16.5. The van der Waals surface area contributed by atoms with Gasteiger partial charge in [0.15, 0.2) is 0 Å². The van der Waals surface area contributed by atoms with E-state index in [-0.39, 0.29) is 35.7 Å². The first kappa shape index (κ1) is 20.7. The second kappa shape index (κ2) is 7.75. The summed E-state index contributed by atoms with van der Waals surface area (Å²) < 4.78 is 5.94. The van der Waals surface area contributed by atoms with Crippen molar-refractivity contribution in [3.05, 3.63) is 29.8 Å². The van der Waals surface area contributed by atoms with Gasteiger partial charge < -0.3 is 4.74 Å². The third-order valence-corrected chi connectivity index (χ3v) is 8.51. The fourth-order valence-electron chi connectivity index (χ4n) is 6.87. The molecule has 3 aliphatic carbocycles. The molecular weight excluding hydrogens is 390 g/mol. The average molecular weight is 424 g/mol. The van der Waals surface area contributed by atoms with Crippen LogP contribution in [0.2, 0.25) is 0 Å². The molecule has 5 nitrogen and oxygen atoms in total. The molecule has 4 aliphatic rings. The lowest BCUT2D eigenvalue weighted by molar-refractivity contribution is -0.123. The number of anilines is 1. The summed E-state index contributed by atoms with van der Waals surface area (Å²) in [5, 5.41) is 0. The monoisotopic (exact) mass is 423 g/mol. The van der Waals surface area contributed by atoms with Crippen molar-refractivity contribution in [2.24, 2.45) is 41.4 Å². The molecule has 1 aromatic rings. The fraction of sp³-hybridized carbons (Fsp3) is 0.654. The summed E-state index contributed by atoms with van der Waals surface area (Å²) in [5.41, 5.74) is 1.05. The second-order valence-electron chi connectivity index (χ2n) is 10.7. The number of benzene rings is 1. The van der Waals surface area contributed by atoms with Crippen molar-refractivity contribution >= 4 is 23.5 Å². The Morgan fingerprint density at radius 1 is 0.935 bits per heavy atom. The quantitative estimate of drug-likeness (QED) is 0.513. The molecule has 0 N–H and O–H groups in total. The SMILES string of the molecule is CC(C)[C@H]1CC[C@H](C)C[C@H]1OC(=O)c1ccc(N2C(=O)[C@@H]3[C@@H]4CC[C@@H](C4)[C@@H]3C2=O)cc1. The molecule has 1 saturated heterocycles. The van der Waals surface area contributed by atoms with Gasteiger partial charge in [-0.25, -0.2) is 4.79 Å². The van der Waals surface area contributed by atoms with Crippen LogP contribution in [0.4, 0.5) is 5.69 Å². The molecule has 1 heterocycles. The molecule has 1 aromatic carbocycles. The number of ether oxygens (including phenoxy) is 1. The number of imide groups is 1. The van der Waals surface area contributed by atoms with Gasteiger partial charge in [-0.2, -0.15) is 0 Å². The predicted octanol–water partition coefficient (Wildman–Crippen LogP) is 4.84. The van der Waals surface area contributed by atoms with Gasteiger partial charge in [0.2, 0.25) is 11.8 Å². The number of fused-ring (bicyclic) bond motifs is 5. The Bertz CT molecular complexity index is 863. The van der Waals surface area contributed by atoms with Crippen LogP contribution in [0.25, 0.3) is 0 Å². The van der Waals surface area contributed by atoms with Crippen molar-refractivity contribution in [1.82, 2.24) is 0 Å². The summed E-state index contributed by atoms with van der Waals surface area (Å²) >= 11 is 0. The van der Waals surface area contributed by atoms with E-state index in [9.17, 15) is 14.4 Å². The van der Waals surface area contributed by atoms with Crippen LogP contribution in [-0.2, 0) is 14.3 Å². The highest BCUT2D eigenvalue weighted by Gasteiger charge is 2.61. The first-order valence-electron chi connectivity index (χ1n) is 12.0. The Labute approximate surface area is 184 Å². The minimum absolute atomic E-state index is 0.0477. The van der Waals surface area contributed by atoms with Gasteiger partial charge >= 0.3 is 5.97 Å². The Hall–Kier alpha value is -2.17. The molecule has 1 aliphatic heterocycles. The summed E-state index contributed by atoms with van der Waals surface area (Å²) in [6, 6.07) is 6.83. The molecule has 5 heteroatoms. The molecule has 2 amide bonds. The first-order valence-corrected chi connectivity index (χ1v) is 12.0. The van der Waals surface area contributed by atoms with Gasteiger partial charge in [-0.05, 0) is 86.0 Å². The molecule has 7 atom stereocenters. The van der Waals surface area contributed by atoms with Gasteiger partial charge in [0.25, 0.3) is 0 Å². The van der Waals surface area contributed by atoms with Gasteiger partial charge in [-0.1, -0.05) is 27.2 Å². The third kappa shape index (κ3) is 3.41. The molecular formula is C26H33NO4. The van der Waals surface area contributed by atoms with Crippen molar-refractivity contribution in [2.45, 2.75) is 65.4 Å². The predicted molar refractivity (Wildman–Crippen MR) is 117 cm³/mol. The number of rotatable bonds is 4. The zero-order valence-electron chi connectivity index (χ0n) is 18.8. The van der Waals surface area contributed by atoms with E-state index in [4.69, 9.17) is 4.74 Å². The molecule has 2 bridgehead atoms. The van der Waals surface area contributed by atoms with E-state index in [0.717, 1.165) is 32.1 Å². The van der Waals surface area contributed by atoms with Crippen LogP contribution >= 0.6 is 0 Å². The Morgan fingerprint density at radius 3 is 2.13 bits per heavy atom. The number of carbonyl (C=O) groups excluding carboxylic acids is 3. The van der Waals surface area contributed by atoms with E-state index in [0.29, 0.717) is 40.8 Å². The summed E-state index contributed by atoms with van der Waals surface area (Å²) in [6.07, 6.45) is 6.32. The molecule has 4 fully saturated rings. The molecule has 166 valence electrons. The van der Waals surface area contributed by atoms with Crippen LogP contribution in [0, 0.1) is 41.4 Å². The summed E-state index contributed by atoms with van der Waals surface area (Å²) in [7, 11) is 0. The summed E-state index contributed by atoms with van der Waals surface area (Å²) in [5.74, 6) is 1.53. The Kier molecular flexibility index (Phi) is 5.18. The van der Waals surface area contributed by atoms with Crippen LogP contribution < -0.4 is 4.90 Å². The number of carbonyl (C=O) groups is 3. The molecule has 3 saturated carbocycles. The van der Waals surface area contributed by atoms with Gasteiger partial charge in [0.1, 0.15) is 6.10 Å². The number of hydrogen-bond acceptors (Lipinski definition) is 4. The molecule has 0 radical (unpaired) electrons. The van der Waals surface area contributed by atoms with Crippen molar-refractivity contribution in [3.8, 4) is 0 Å². The van der Waals surface area contributed by atoms with Crippen LogP contribution in [-0.4, -0.2) is 23.9 Å². The maximum absolute atomic E-state index is 13.0.